The highest BCUT2D eigenvalue weighted by molar-refractivity contribution is 5.99. The summed E-state index contributed by atoms with van der Waals surface area (Å²) >= 11 is 0. The van der Waals surface area contributed by atoms with Gasteiger partial charge >= 0.3 is 0 Å². The van der Waals surface area contributed by atoms with E-state index >= 15 is 0 Å². The van der Waals surface area contributed by atoms with Crippen LogP contribution in [0.25, 0.3) is 10.9 Å². The van der Waals surface area contributed by atoms with E-state index in [1.165, 1.54) is 4.57 Å². The molecule has 1 unspecified atom stereocenters. The summed E-state index contributed by atoms with van der Waals surface area (Å²) in [4.78, 5) is 56.9. The Bertz CT molecular complexity index is 1230. The molecule has 1 saturated carbocycles. The predicted octanol–water partition coefficient (Wildman–Crippen LogP) is 1.73. The van der Waals surface area contributed by atoms with Crippen LogP contribution in [0.5, 0.6) is 5.75 Å². The molecule has 3 amide bonds. The van der Waals surface area contributed by atoms with Crippen molar-refractivity contribution in [1.29, 1.82) is 0 Å². The van der Waals surface area contributed by atoms with Gasteiger partial charge in [0.25, 0.3) is 5.56 Å². The fraction of sp³-hybridized carbons (Fsp3) is 0.577. The Labute approximate surface area is 208 Å². The number of ether oxygens (including phenoxy) is 2. The van der Waals surface area contributed by atoms with Crippen LogP contribution in [0.15, 0.2) is 23.0 Å². The maximum atomic E-state index is 13.5. The highest BCUT2D eigenvalue weighted by atomic mass is 16.5. The molecule has 1 N–H and O–H groups in total. The average Bonchev–Trinajstić information content (AvgIpc) is 2.89. The van der Waals surface area contributed by atoms with Crippen molar-refractivity contribution in [3.05, 3.63) is 34.4 Å². The van der Waals surface area contributed by atoms with Gasteiger partial charge in [-0.3, -0.25) is 29.1 Å². The monoisotopic (exact) mass is 496 g/mol. The number of benzene rings is 1. The van der Waals surface area contributed by atoms with Crippen LogP contribution < -0.4 is 15.6 Å². The Kier molecular flexibility index (Phi) is 7.04. The zero-order chi connectivity index (χ0) is 25.2. The van der Waals surface area contributed by atoms with E-state index in [2.05, 4.69) is 10.3 Å². The van der Waals surface area contributed by atoms with Crippen molar-refractivity contribution in [3.63, 3.8) is 0 Å². The van der Waals surface area contributed by atoms with Gasteiger partial charge in [-0.15, -0.1) is 0 Å². The van der Waals surface area contributed by atoms with Crippen LogP contribution in [0.2, 0.25) is 0 Å². The van der Waals surface area contributed by atoms with E-state index in [0.717, 1.165) is 25.7 Å². The number of piperidine rings is 1. The molecule has 36 heavy (non-hydrogen) atoms. The van der Waals surface area contributed by atoms with Crippen molar-refractivity contribution >= 4 is 28.6 Å². The number of hydrogen-bond donors (Lipinski definition) is 1. The number of rotatable bonds is 5. The molecule has 2 aliphatic heterocycles. The molecule has 2 saturated heterocycles. The van der Waals surface area contributed by atoms with E-state index in [4.69, 9.17) is 9.47 Å². The van der Waals surface area contributed by atoms with Crippen molar-refractivity contribution in [2.45, 2.75) is 51.5 Å². The van der Waals surface area contributed by atoms with Gasteiger partial charge in [0, 0.05) is 25.4 Å². The number of amides is 3. The maximum absolute atomic E-state index is 13.5. The van der Waals surface area contributed by atoms with Gasteiger partial charge in [-0.2, -0.15) is 0 Å². The summed E-state index contributed by atoms with van der Waals surface area (Å²) in [5.41, 5.74) is 0.167. The number of nitrogens with one attached hydrogen (secondary N) is 1. The first-order chi connectivity index (χ1) is 17.4. The third kappa shape index (κ3) is 4.86. The van der Waals surface area contributed by atoms with E-state index < -0.39 is 11.9 Å². The van der Waals surface area contributed by atoms with Gasteiger partial charge in [-0.1, -0.05) is 6.07 Å². The molecule has 3 fully saturated rings. The summed E-state index contributed by atoms with van der Waals surface area (Å²) in [6.45, 7) is 4.71. The summed E-state index contributed by atoms with van der Waals surface area (Å²) in [6.07, 6.45) is 3.89. The zero-order valence-electron chi connectivity index (χ0n) is 20.5. The van der Waals surface area contributed by atoms with E-state index in [1.54, 1.807) is 25.1 Å². The lowest BCUT2D eigenvalue weighted by Gasteiger charge is -2.33. The van der Waals surface area contributed by atoms with Crippen molar-refractivity contribution in [3.8, 4) is 5.75 Å². The second-order valence-corrected chi connectivity index (χ2v) is 9.92. The van der Waals surface area contributed by atoms with Crippen molar-refractivity contribution in [2.24, 2.45) is 11.8 Å². The minimum atomic E-state index is -0.778. The standard InChI is InChI=1S/C26H32N4O6/c1-16-27-19-3-2-4-21(23(19)26(34)30(16)20-9-10-22(31)28-24(20)32)36-15-17-5-7-18(8-6-17)25(33)29-11-13-35-14-12-29/h2-4,17-18,20H,5-15H2,1H3,(H,28,31,32). The van der Waals surface area contributed by atoms with Crippen LogP contribution in [-0.2, 0) is 19.1 Å². The minimum Gasteiger partial charge on any atom is -0.492 e. The number of carbonyl (C=O) groups is 3. The molecule has 2 aromatic rings. The van der Waals surface area contributed by atoms with Gasteiger partial charge in [0.15, 0.2) is 0 Å². The lowest BCUT2D eigenvalue weighted by atomic mass is 9.81. The Morgan fingerprint density at radius 1 is 1.11 bits per heavy atom. The predicted molar refractivity (Wildman–Crippen MR) is 131 cm³/mol. The van der Waals surface area contributed by atoms with Crippen LogP contribution in [-0.4, -0.2) is 65.1 Å². The molecule has 1 aromatic carbocycles. The van der Waals surface area contributed by atoms with E-state index in [9.17, 15) is 19.2 Å². The van der Waals surface area contributed by atoms with Gasteiger partial charge in [0.2, 0.25) is 17.7 Å². The topological polar surface area (TPSA) is 120 Å². The number of aromatic nitrogens is 2. The van der Waals surface area contributed by atoms with Gasteiger partial charge in [0.05, 0.1) is 25.3 Å². The molecule has 0 bridgehead atoms. The molecule has 1 atom stereocenters. The number of carbonyl (C=O) groups excluding carboxylic acids is 3. The van der Waals surface area contributed by atoms with E-state index in [0.29, 0.717) is 61.3 Å². The van der Waals surface area contributed by atoms with Crippen LogP contribution in [0, 0.1) is 18.8 Å². The number of nitrogens with zero attached hydrogens (tertiary/aromatic N) is 3. The van der Waals surface area contributed by atoms with Crippen LogP contribution in [0.3, 0.4) is 0 Å². The fourth-order valence-electron chi connectivity index (χ4n) is 5.56. The van der Waals surface area contributed by atoms with Gasteiger partial charge in [-0.05, 0) is 57.1 Å². The van der Waals surface area contributed by atoms with Crippen molar-refractivity contribution < 1.29 is 23.9 Å². The van der Waals surface area contributed by atoms with Crippen LogP contribution in [0.4, 0.5) is 0 Å². The lowest BCUT2D eigenvalue weighted by Crippen LogP contribution is -2.45. The normalized spacial score (nSPS) is 25.0. The summed E-state index contributed by atoms with van der Waals surface area (Å²) in [6, 6.07) is 4.54. The molecule has 192 valence electrons. The first-order valence-electron chi connectivity index (χ1n) is 12.8. The molecule has 1 aromatic heterocycles. The number of imide groups is 1. The van der Waals surface area contributed by atoms with E-state index in [1.807, 2.05) is 4.90 Å². The number of morpholine rings is 1. The summed E-state index contributed by atoms with van der Waals surface area (Å²) in [5.74, 6) is 0.636. The molecule has 0 radical (unpaired) electrons. The average molecular weight is 497 g/mol. The highest BCUT2D eigenvalue weighted by Crippen LogP contribution is 2.32. The zero-order valence-corrected chi connectivity index (χ0v) is 20.5. The van der Waals surface area contributed by atoms with Crippen LogP contribution in [0.1, 0.15) is 50.4 Å². The number of aryl methyl sites for hydroxylation is 1. The SMILES string of the molecule is Cc1nc2cccc(OCC3CCC(C(=O)N4CCOCC4)CC3)c2c(=O)n1C1CCC(=O)NC1=O. The van der Waals surface area contributed by atoms with Gasteiger partial charge in [-0.25, -0.2) is 4.98 Å². The van der Waals surface area contributed by atoms with Crippen LogP contribution >= 0.6 is 0 Å². The third-order valence-corrected chi connectivity index (χ3v) is 7.58. The molecule has 10 nitrogen and oxygen atoms in total. The van der Waals surface area contributed by atoms with Crippen molar-refractivity contribution in [1.82, 2.24) is 19.8 Å². The van der Waals surface area contributed by atoms with Gasteiger partial charge in [0.1, 0.15) is 23.0 Å². The molecule has 1 aliphatic carbocycles. The largest absolute Gasteiger partial charge is 0.492 e. The first kappa shape index (κ1) is 24.4. The second kappa shape index (κ2) is 10.4. The maximum Gasteiger partial charge on any atom is 0.265 e. The molecular weight excluding hydrogens is 464 g/mol. The Morgan fingerprint density at radius 2 is 1.86 bits per heavy atom. The Hall–Kier alpha value is -3.27. The van der Waals surface area contributed by atoms with E-state index in [-0.39, 0.29) is 36.1 Å². The third-order valence-electron chi connectivity index (χ3n) is 7.58. The molecule has 3 aliphatic rings. The Balaban J connectivity index is 1.28. The van der Waals surface area contributed by atoms with Gasteiger partial charge < -0.3 is 14.4 Å². The molecule has 3 heterocycles. The highest BCUT2D eigenvalue weighted by Gasteiger charge is 2.32. The number of fused-ring (bicyclic) bond motifs is 1. The quantitative estimate of drug-likeness (QED) is 0.626. The second-order valence-electron chi connectivity index (χ2n) is 9.92. The summed E-state index contributed by atoms with van der Waals surface area (Å²) < 4.78 is 12.9. The number of hydrogen-bond acceptors (Lipinski definition) is 7. The lowest BCUT2D eigenvalue weighted by molar-refractivity contribution is -0.141. The molecule has 10 heteroatoms. The molecular formula is C26H32N4O6. The minimum absolute atomic E-state index is 0.0600. The summed E-state index contributed by atoms with van der Waals surface area (Å²) in [5, 5.41) is 2.65. The smallest absolute Gasteiger partial charge is 0.265 e. The molecule has 0 spiro atoms. The molecule has 5 rings (SSSR count). The Morgan fingerprint density at radius 3 is 2.58 bits per heavy atom. The summed E-state index contributed by atoms with van der Waals surface area (Å²) in [7, 11) is 0. The fourth-order valence-corrected chi connectivity index (χ4v) is 5.56. The van der Waals surface area contributed by atoms with Crippen molar-refractivity contribution in [2.75, 3.05) is 32.9 Å². The first-order valence-corrected chi connectivity index (χ1v) is 12.8.